The van der Waals surface area contributed by atoms with Gasteiger partial charge < -0.3 is 24.4 Å². The summed E-state index contributed by atoms with van der Waals surface area (Å²) < 4.78 is 17.2. The Balaban J connectivity index is 1.49. The molecule has 1 aliphatic heterocycles. The number of benzene rings is 2. The lowest BCUT2D eigenvalue weighted by Crippen LogP contribution is -2.29. The molecule has 0 spiro atoms. The fraction of sp³-hybridized carbons (Fsp3) is 0.276. The molecule has 1 saturated heterocycles. The average molecular weight is 577 g/mol. The Labute approximate surface area is 239 Å². The van der Waals surface area contributed by atoms with Crippen molar-refractivity contribution in [2.75, 3.05) is 37.1 Å². The van der Waals surface area contributed by atoms with Gasteiger partial charge in [0.05, 0.1) is 43.0 Å². The van der Waals surface area contributed by atoms with Gasteiger partial charge in [-0.2, -0.15) is 9.78 Å². The first kappa shape index (κ1) is 27.8. The molecule has 41 heavy (non-hydrogen) atoms. The Morgan fingerprint density at radius 2 is 1.83 bits per heavy atom. The summed E-state index contributed by atoms with van der Waals surface area (Å²) in [5.74, 6) is -0.836. The summed E-state index contributed by atoms with van der Waals surface area (Å²) in [6.07, 6.45) is -0.000761. The SMILES string of the molecule is CCOC(=O)c1nn(-c2ccc(OCC)cc2)c(=O)c2c(NC(=O)C3CC(=O)N(c4ccccc4OC)C3)scc12. The summed E-state index contributed by atoms with van der Waals surface area (Å²) in [4.78, 5) is 54.3. The van der Waals surface area contributed by atoms with Crippen molar-refractivity contribution in [3.63, 3.8) is 0 Å². The largest absolute Gasteiger partial charge is 0.495 e. The molecule has 12 heteroatoms. The number of thiophene rings is 1. The number of para-hydroxylation sites is 2. The number of amides is 2. The van der Waals surface area contributed by atoms with E-state index >= 15 is 0 Å². The van der Waals surface area contributed by atoms with Crippen molar-refractivity contribution in [1.29, 1.82) is 0 Å². The van der Waals surface area contributed by atoms with Crippen molar-refractivity contribution >= 4 is 50.6 Å². The zero-order valence-corrected chi connectivity index (χ0v) is 23.5. The quantitative estimate of drug-likeness (QED) is 0.296. The van der Waals surface area contributed by atoms with Gasteiger partial charge in [0, 0.05) is 23.7 Å². The molecule has 1 fully saturated rings. The fourth-order valence-electron chi connectivity index (χ4n) is 4.70. The molecular weight excluding hydrogens is 548 g/mol. The highest BCUT2D eigenvalue weighted by molar-refractivity contribution is 7.16. The molecule has 0 aliphatic carbocycles. The molecule has 3 heterocycles. The Kier molecular flexibility index (Phi) is 8.02. The van der Waals surface area contributed by atoms with Gasteiger partial charge >= 0.3 is 5.97 Å². The average Bonchev–Trinajstić information content (AvgIpc) is 3.58. The number of esters is 1. The lowest BCUT2D eigenvalue weighted by atomic mass is 10.1. The van der Waals surface area contributed by atoms with E-state index in [1.807, 2.05) is 6.92 Å². The molecule has 2 aromatic carbocycles. The third kappa shape index (κ3) is 5.38. The third-order valence-corrected chi connectivity index (χ3v) is 7.52. The summed E-state index contributed by atoms with van der Waals surface area (Å²) >= 11 is 1.10. The molecule has 4 aromatic rings. The summed E-state index contributed by atoms with van der Waals surface area (Å²) in [5, 5.41) is 9.40. The van der Waals surface area contributed by atoms with E-state index < -0.39 is 23.4 Å². The Morgan fingerprint density at radius 1 is 1.07 bits per heavy atom. The topological polar surface area (TPSA) is 129 Å². The van der Waals surface area contributed by atoms with Crippen molar-refractivity contribution < 1.29 is 28.6 Å². The van der Waals surface area contributed by atoms with Gasteiger partial charge in [-0.25, -0.2) is 4.79 Å². The second-order valence-corrected chi connectivity index (χ2v) is 10.0. The van der Waals surface area contributed by atoms with Crippen molar-refractivity contribution in [3.8, 4) is 17.2 Å². The number of carbonyl (C=O) groups excluding carboxylic acids is 3. The van der Waals surface area contributed by atoms with Crippen molar-refractivity contribution in [2.45, 2.75) is 20.3 Å². The molecular formula is C29H28N4O7S. The Morgan fingerprint density at radius 3 is 2.54 bits per heavy atom. The standard InChI is InChI=1S/C29H28N4O7S/c1-4-39-19-12-10-18(11-13-19)33-28(36)24-20(25(31-33)29(37)40-5-2)16-41-27(24)30-26(35)17-14-23(34)32(15-17)21-8-6-7-9-22(21)38-3/h6-13,16-17H,4-5,14-15H2,1-3H3,(H,30,35). The van der Waals surface area contributed by atoms with Gasteiger partial charge in [0.25, 0.3) is 5.56 Å². The van der Waals surface area contributed by atoms with Gasteiger partial charge in [0.1, 0.15) is 16.5 Å². The lowest BCUT2D eigenvalue weighted by Gasteiger charge is -2.19. The van der Waals surface area contributed by atoms with E-state index in [0.717, 1.165) is 16.0 Å². The number of ether oxygens (including phenoxy) is 3. The van der Waals surface area contributed by atoms with Crippen LogP contribution in [0, 0.1) is 5.92 Å². The minimum absolute atomic E-state index is 0.000761. The number of hydrogen-bond donors (Lipinski definition) is 1. The molecule has 1 atom stereocenters. The van der Waals surface area contributed by atoms with Crippen molar-refractivity contribution in [2.24, 2.45) is 5.92 Å². The van der Waals surface area contributed by atoms with Gasteiger partial charge in [-0.1, -0.05) is 12.1 Å². The lowest BCUT2D eigenvalue weighted by molar-refractivity contribution is -0.122. The molecule has 11 nitrogen and oxygen atoms in total. The number of anilines is 2. The van der Waals surface area contributed by atoms with E-state index in [4.69, 9.17) is 14.2 Å². The first-order valence-corrected chi connectivity index (χ1v) is 13.9. The van der Waals surface area contributed by atoms with Crippen molar-refractivity contribution in [3.05, 3.63) is 70.0 Å². The predicted molar refractivity (Wildman–Crippen MR) is 154 cm³/mol. The second kappa shape index (κ2) is 11.8. The van der Waals surface area contributed by atoms with Gasteiger partial charge in [0.15, 0.2) is 5.69 Å². The maximum absolute atomic E-state index is 13.7. The summed E-state index contributed by atoms with van der Waals surface area (Å²) in [6.45, 7) is 4.30. The predicted octanol–water partition coefficient (Wildman–Crippen LogP) is 4.02. The number of nitrogens with zero attached hydrogens (tertiary/aromatic N) is 3. The normalized spacial score (nSPS) is 14.8. The summed E-state index contributed by atoms with van der Waals surface area (Å²) in [6, 6.07) is 13.8. The summed E-state index contributed by atoms with van der Waals surface area (Å²) in [5.41, 5.74) is 0.417. The van der Waals surface area contributed by atoms with Crippen molar-refractivity contribution in [1.82, 2.24) is 9.78 Å². The number of methoxy groups -OCH3 is 1. The van der Waals surface area contributed by atoms with Crippen LogP contribution in [0.5, 0.6) is 11.5 Å². The molecule has 0 bridgehead atoms. The monoisotopic (exact) mass is 576 g/mol. The number of rotatable bonds is 9. The molecule has 2 aromatic heterocycles. The molecule has 0 saturated carbocycles. The first-order chi connectivity index (χ1) is 19.9. The smallest absolute Gasteiger partial charge is 0.359 e. The van der Waals surface area contributed by atoms with Crippen LogP contribution in [0.3, 0.4) is 0 Å². The van der Waals surface area contributed by atoms with Gasteiger partial charge in [-0.15, -0.1) is 11.3 Å². The molecule has 1 unspecified atom stereocenters. The number of carbonyl (C=O) groups is 3. The number of nitrogens with one attached hydrogen (secondary N) is 1. The van der Waals surface area contributed by atoms with Gasteiger partial charge in [-0.3, -0.25) is 14.4 Å². The minimum atomic E-state index is -0.693. The van der Waals surface area contributed by atoms with Crippen LogP contribution in [0.25, 0.3) is 16.5 Å². The fourth-order valence-corrected chi connectivity index (χ4v) is 5.64. The van der Waals surface area contributed by atoms with Crippen LogP contribution >= 0.6 is 11.3 Å². The van der Waals surface area contributed by atoms with E-state index in [1.165, 1.54) is 12.0 Å². The highest BCUT2D eigenvalue weighted by Crippen LogP contribution is 2.35. The van der Waals surface area contributed by atoms with Crippen LogP contribution in [-0.4, -0.2) is 54.4 Å². The molecule has 0 radical (unpaired) electrons. The van der Waals surface area contributed by atoms with Crippen LogP contribution in [0.4, 0.5) is 10.7 Å². The van der Waals surface area contributed by atoms with Crippen LogP contribution in [0.1, 0.15) is 30.8 Å². The van der Waals surface area contributed by atoms with E-state index in [1.54, 1.807) is 60.8 Å². The van der Waals surface area contributed by atoms with Crippen LogP contribution < -0.4 is 25.2 Å². The zero-order valence-electron chi connectivity index (χ0n) is 22.7. The minimum Gasteiger partial charge on any atom is -0.495 e. The zero-order chi connectivity index (χ0) is 29.1. The highest BCUT2D eigenvalue weighted by Gasteiger charge is 2.37. The molecule has 212 valence electrons. The summed E-state index contributed by atoms with van der Waals surface area (Å²) in [7, 11) is 1.52. The first-order valence-electron chi connectivity index (χ1n) is 13.0. The van der Waals surface area contributed by atoms with Crippen LogP contribution in [-0.2, 0) is 14.3 Å². The van der Waals surface area contributed by atoms with Crippen LogP contribution in [0.15, 0.2) is 58.7 Å². The molecule has 2 amide bonds. The maximum atomic E-state index is 13.7. The number of fused-ring (bicyclic) bond motifs is 1. The molecule has 1 N–H and O–H groups in total. The second-order valence-electron chi connectivity index (χ2n) is 9.13. The van der Waals surface area contributed by atoms with E-state index in [0.29, 0.717) is 29.5 Å². The van der Waals surface area contributed by atoms with E-state index in [-0.39, 0.29) is 46.9 Å². The van der Waals surface area contributed by atoms with E-state index in [9.17, 15) is 19.2 Å². The Bertz CT molecular complexity index is 1680. The molecule has 1 aliphatic rings. The van der Waals surface area contributed by atoms with Crippen LogP contribution in [0.2, 0.25) is 0 Å². The maximum Gasteiger partial charge on any atom is 0.359 e. The van der Waals surface area contributed by atoms with Gasteiger partial charge in [-0.05, 0) is 50.2 Å². The van der Waals surface area contributed by atoms with Gasteiger partial charge in [0.2, 0.25) is 11.8 Å². The Hall–Kier alpha value is -4.71. The molecule has 5 rings (SSSR count). The van der Waals surface area contributed by atoms with E-state index in [2.05, 4.69) is 10.4 Å². The highest BCUT2D eigenvalue weighted by atomic mass is 32.1. The number of hydrogen-bond acceptors (Lipinski definition) is 9. The third-order valence-electron chi connectivity index (χ3n) is 6.62. The number of aromatic nitrogens is 2.